The molecule has 112 valence electrons. The molecule has 1 N–H and O–H groups in total. The van der Waals surface area contributed by atoms with E-state index in [1.54, 1.807) is 0 Å². The van der Waals surface area contributed by atoms with Crippen molar-refractivity contribution >= 4 is 43.5 Å². The fourth-order valence-electron chi connectivity index (χ4n) is 2.46. The first kappa shape index (κ1) is 17.0. The van der Waals surface area contributed by atoms with Gasteiger partial charge in [-0.1, -0.05) is 61.7 Å². The molecule has 0 spiro atoms. The smallest absolute Gasteiger partial charge is 0.0449 e. The van der Waals surface area contributed by atoms with Crippen molar-refractivity contribution in [2.75, 3.05) is 13.6 Å². The first-order chi connectivity index (χ1) is 10.1. The van der Waals surface area contributed by atoms with Gasteiger partial charge in [-0.2, -0.15) is 0 Å². The summed E-state index contributed by atoms with van der Waals surface area (Å²) >= 11 is 13.3. The van der Waals surface area contributed by atoms with E-state index in [0.29, 0.717) is 5.92 Å². The molecule has 0 aliphatic rings. The molecule has 0 amide bonds. The van der Waals surface area contributed by atoms with Gasteiger partial charge in [0.1, 0.15) is 0 Å². The molecule has 0 radical (unpaired) electrons. The summed E-state index contributed by atoms with van der Waals surface area (Å²) in [5, 5.41) is 4.12. The summed E-state index contributed by atoms with van der Waals surface area (Å²) < 4.78 is 2.14. The fraction of sp³-hybridized carbons (Fsp3) is 0.294. The molecule has 0 aliphatic heterocycles. The molecule has 0 saturated carbocycles. The molecule has 0 aromatic heterocycles. The highest BCUT2D eigenvalue weighted by atomic mass is 79.9. The average molecular weight is 432 g/mol. The maximum absolute atomic E-state index is 6.34. The van der Waals surface area contributed by atoms with Crippen LogP contribution in [0, 0.1) is 5.92 Å². The summed E-state index contributed by atoms with van der Waals surface area (Å²) in [5.41, 5.74) is 2.56. The van der Waals surface area contributed by atoms with Gasteiger partial charge in [0.05, 0.1) is 0 Å². The molecule has 1 atom stereocenters. The van der Waals surface area contributed by atoms with Crippen LogP contribution in [0.1, 0.15) is 11.1 Å². The minimum Gasteiger partial charge on any atom is -0.319 e. The first-order valence-corrected chi connectivity index (χ1v) is 8.88. The van der Waals surface area contributed by atoms with Gasteiger partial charge in [-0.25, -0.2) is 0 Å². The number of hydrogen-bond donors (Lipinski definition) is 1. The van der Waals surface area contributed by atoms with Gasteiger partial charge in [-0.15, -0.1) is 0 Å². The lowest BCUT2D eigenvalue weighted by molar-refractivity contribution is 0.493. The van der Waals surface area contributed by atoms with Crippen molar-refractivity contribution in [3.63, 3.8) is 0 Å². The first-order valence-electron chi connectivity index (χ1n) is 6.91. The lowest BCUT2D eigenvalue weighted by atomic mass is 9.92. The number of benzene rings is 2. The molecule has 0 fully saturated rings. The highest BCUT2D eigenvalue weighted by Gasteiger charge is 2.12. The summed E-state index contributed by atoms with van der Waals surface area (Å²) in [6, 6.07) is 14.7. The van der Waals surface area contributed by atoms with Gasteiger partial charge in [0.2, 0.25) is 0 Å². The Morgan fingerprint density at radius 3 is 2.29 bits per heavy atom. The van der Waals surface area contributed by atoms with Crippen molar-refractivity contribution in [2.24, 2.45) is 5.92 Å². The highest BCUT2D eigenvalue weighted by Crippen LogP contribution is 2.25. The predicted molar refractivity (Wildman–Crippen MR) is 98.1 cm³/mol. The third-order valence-corrected chi connectivity index (χ3v) is 4.83. The zero-order valence-electron chi connectivity index (χ0n) is 11.9. The van der Waals surface area contributed by atoms with E-state index in [2.05, 4.69) is 73.6 Å². The van der Waals surface area contributed by atoms with Crippen molar-refractivity contribution in [1.82, 2.24) is 5.32 Å². The van der Waals surface area contributed by atoms with Crippen molar-refractivity contribution in [1.29, 1.82) is 0 Å². The molecule has 0 bridgehead atoms. The van der Waals surface area contributed by atoms with Crippen LogP contribution < -0.4 is 5.32 Å². The largest absolute Gasteiger partial charge is 0.319 e. The lowest BCUT2D eigenvalue weighted by Crippen LogP contribution is -2.23. The quantitative estimate of drug-likeness (QED) is 0.638. The minimum absolute atomic E-state index is 0.523. The van der Waals surface area contributed by atoms with E-state index in [-0.39, 0.29) is 0 Å². The third kappa shape index (κ3) is 5.41. The summed E-state index contributed by atoms with van der Waals surface area (Å²) in [5.74, 6) is 0.523. The van der Waals surface area contributed by atoms with E-state index in [1.807, 2.05) is 13.1 Å². The third-order valence-electron chi connectivity index (χ3n) is 3.45. The highest BCUT2D eigenvalue weighted by molar-refractivity contribution is 9.10. The van der Waals surface area contributed by atoms with Crippen molar-refractivity contribution in [3.8, 4) is 0 Å². The van der Waals surface area contributed by atoms with Crippen LogP contribution in [0.2, 0.25) is 5.02 Å². The Labute approximate surface area is 148 Å². The number of hydrogen-bond acceptors (Lipinski definition) is 1. The van der Waals surface area contributed by atoms with Gasteiger partial charge in [-0.3, -0.25) is 0 Å². The molecule has 4 heteroatoms. The van der Waals surface area contributed by atoms with E-state index >= 15 is 0 Å². The maximum Gasteiger partial charge on any atom is 0.0449 e. The lowest BCUT2D eigenvalue weighted by Gasteiger charge is -2.18. The van der Waals surface area contributed by atoms with Crippen LogP contribution in [0.4, 0.5) is 0 Å². The monoisotopic (exact) mass is 429 g/mol. The van der Waals surface area contributed by atoms with Gasteiger partial charge in [0.25, 0.3) is 0 Å². The topological polar surface area (TPSA) is 12.0 Å². The molecule has 1 unspecified atom stereocenters. The summed E-state index contributed by atoms with van der Waals surface area (Å²) in [6.07, 6.45) is 2.02. The summed E-state index contributed by atoms with van der Waals surface area (Å²) in [7, 11) is 2.00. The Hall–Kier alpha value is -0.350. The molecule has 0 heterocycles. The molecule has 2 aromatic carbocycles. The maximum atomic E-state index is 6.34. The molecule has 2 rings (SSSR count). The van der Waals surface area contributed by atoms with Crippen molar-refractivity contribution < 1.29 is 0 Å². The Morgan fingerprint density at radius 2 is 1.67 bits per heavy atom. The van der Waals surface area contributed by atoms with Crippen LogP contribution in [0.25, 0.3) is 0 Å². The predicted octanol–water partition coefficient (Wildman–Crippen LogP) is 5.49. The Morgan fingerprint density at radius 1 is 1.00 bits per heavy atom. The van der Waals surface area contributed by atoms with Crippen LogP contribution in [0.3, 0.4) is 0 Å². The number of nitrogens with one attached hydrogen (secondary N) is 1. The van der Waals surface area contributed by atoms with E-state index < -0.39 is 0 Å². The molecule has 0 aliphatic carbocycles. The summed E-state index contributed by atoms with van der Waals surface area (Å²) in [6.45, 7) is 0.975. The Balaban J connectivity index is 2.09. The fourth-order valence-corrected chi connectivity index (χ4v) is 3.47. The van der Waals surface area contributed by atoms with Crippen LogP contribution in [0.5, 0.6) is 0 Å². The second kappa shape index (κ2) is 8.33. The van der Waals surface area contributed by atoms with Gasteiger partial charge in [0.15, 0.2) is 0 Å². The van der Waals surface area contributed by atoms with Crippen LogP contribution >= 0.6 is 43.5 Å². The normalized spacial score (nSPS) is 12.4. The number of halogens is 3. The molecule has 21 heavy (non-hydrogen) atoms. The minimum atomic E-state index is 0.523. The van der Waals surface area contributed by atoms with Crippen molar-refractivity contribution in [3.05, 3.63) is 67.6 Å². The Bertz CT molecular complexity index is 584. The standard InChI is InChI=1S/C17H18Br2ClN/c1-21-11-13(8-12-2-5-15(18)6-3-12)9-14-4-7-16(19)10-17(14)20/h2-7,10,13,21H,8-9,11H2,1H3. The number of rotatable bonds is 6. The molecular weight excluding hydrogens is 413 g/mol. The van der Waals surface area contributed by atoms with Gasteiger partial charge >= 0.3 is 0 Å². The zero-order valence-corrected chi connectivity index (χ0v) is 15.8. The van der Waals surface area contributed by atoms with Crippen molar-refractivity contribution in [2.45, 2.75) is 12.8 Å². The summed E-state index contributed by atoms with van der Waals surface area (Å²) in [4.78, 5) is 0. The molecule has 1 nitrogen and oxygen atoms in total. The van der Waals surface area contributed by atoms with E-state index in [9.17, 15) is 0 Å². The van der Waals surface area contributed by atoms with E-state index in [0.717, 1.165) is 33.4 Å². The second-order valence-electron chi connectivity index (χ2n) is 5.19. The van der Waals surface area contributed by atoms with Crippen LogP contribution in [-0.2, 0) is 12.8 Å². The molecule has 0 saturated heterocycles. The van der Waals surface area contributed by atoms with Gasteiger partial charge < -0.3 is 5.32 Å². The van der Waals surface area contributed by atoms with Crippen LogP contribution in [0.15, 0.2) is 51.4 Å². The van der Waals surface area contributed by atoms with E-state index in [4.69, 9.17) is 11.6 Å². The SMILES string of the molecule is CNCC(Cc1ccc(Br)cc1)Cc1ccc(Br)cc1Cl. The van der Waals surface area contributed by atoms with Gasteiger partial charge in [0, 0.05) is 14.0 Å². The van der Waals surface area contributed by atoms with E-state index in [1.165, 1.54) is 11.1 Å². The molecular formula is C17H18Br2ClN. The Kier molecular flexibility index (Phi) is 6.74. The second-order valence-corrected chi connectivity index (χ2v) is 7.43. The zero-order chi connectivity index (χ0) is 15.2. The molecule has 2 aromatic rings. The van der Waals surface area contributed by atoms with Gasteiger partial charge in [-0.05, 0) is 67.7 Å². The van der Waals surface area contributed by atoms with Crippen LogP contribution in [-0.4, -0.2) is 13.6 Å². The average Bonchev–Trinajstić information content (AvgIpc) is 2.44.